The van der Waals surface area contributed by atoms with Crippen molar-refractivity contribution in [3.63, 3.8) is 0 Å². The number of rotatable bonds is 2. The summed E-state index contributed by atoms with van der Waals surface area (Å²) in [5, 5.41) is 0. The largest absolute Gasteiger partial charge is 0.370 e. The molecule has 1 fully saturated rings. The molecule has 13 heavy (non-hydrogen) atoms. The van der Waals surface area contributed by atoms with Crippen molar-refractivity contribution < 1.29 is 0 Å². The standard InChI is InChI=1S/C8H17N5/c1-8(2)3-5(8)4-12-7(11)13-6(9)10/h5H,3-4H2,1-2H3,(H6,9,10,11,12,13). The van der Waals surface area contributed by atoms with E-state index in [0.717, 1.165) is 6.54 Å². The maximum Gasteiger partial charge on any atom is 0.218 e. The fourth-order valence-electron chi connectivity index (χ4n) is 1.26. The van der Waals surface area contributed by atoms with Crippen molar-refractivity contribution in [2.24, 2.45) is 38.5 Å². The van der Waals surface area contributed by atoms with Crippen LogP contribution in [-0.2, 0) is 0 Å². The Labute approximate surface area is 78.1 Å². The molecule has 1 saturated carbocycles. The Bertz CT molecular complexity index is 249. The first kappa shape index (κ1) is 9.83. The lowest BCUT2D eigenvalue weighted by molar-refractivity contribution is 0.565. The van der Waals surface area contributed by atoms with Gasteiger partial charge in [0.2, 0.25) is 5.96 Å². The van der Waals surface area contributed by atoms with Gasteiger partial charge in [-0.1, -0.05) is 13.8 Å². The van der Waals surface area contributed by atoms with Crippen molar-refractivity contribution >= 4 is 11.9 Å². The van der Waals surface area contributed by atoms with Gasteiger partial charge in [-0.25, -0.2) is 0 Å². The van der Waals surface area contributed by atoms with Crippen LogP contribution in [0, 0.1) is 11.3 Å². The Morgan fingerprint density at radius 2 is 1.92 bits per heavy atom. The lowest BCUT2D eigenvalue weighted by atomic mass is 10.1. The zero-order valence-corrected chi connectivity index (χ0v) is 8.12. The van der Waals surface area contributed by atoms with Crippen LogP contribution in [0.1, 0.15) is 20.3 Å². The monoisotopic (exact) mass is 183 g/mol. The van der Waals surface area contributed by atoms with Crippen LogP contribution in [0.3, 0.4) is 0 Å². The molecule has 74 valence electrons. The lowest BCUT2D eigenvalue weighted by Crippen LogP contribution is -2.26. The normalized spacial score (nSPS) is 25.4. The maximum absolute atomic E-state index is 5.44. The van der Waals surface area contributed by atoms with E-state index in [4.69, 9.17) is 17.2 Å². The van der Waals surface area contributed by atoms with Gasteiger partial charge in [0.25, 0.3) is 0 Å². The van der Waals surface area contributed by atoms with E-state index in [0.29, 0.717) is 11.3 Å². The summed E-state index contributed by atoms with van der Waals surface area (Å²) in [5.41, 5.74) is 16.1. The zero-order valence-electron chi connectivity index (χ0n) is 8.12. The molecule has 0 aromatic carbocycles. The van der Waals surface area contributed by atoms with Gasteiger partial charge in [0, 0.05) is 6.54 Å². The second kappa shape index (κ2) is 3.24. The summed E-state index contributed by atoms with van der Waals surface area (Å²) in [6.07, 6.45) is 1.20. The first-order chi connectivity index (χ1) is 5.92. The van der Waals surface area contributed by atoms with E-state index in [1.807, 2.05) is 0 Å². The van der Waals surface area contributed by atoms with E-state index < -0.39 is 0 Å². The van der Waals surface area contributed by atoms with Gasteiger partial charge in [-0.15, -0.1) is 0 Å². The molecule has 1 rings (SSSR count). The third-order valence-corrected chi connectivity index (χ3v) is 2.43. The van der Waals surface area contributed by atoms with Crippen molar-refractivity contribution in [2.45, 2.75) is 20.3 Å². The summed E-state index contributed by atoms with van der Waals surface area (Å²) in [5.74, 6) is 0.749. The van der Waals surface area contributed by atoms with E-state index >= 15 is 0 Å². The second-order valence-corrected chi connectivity index (χ2v) is 4.13. The minimum atomic E-state index is -0.0451. The predicted octanol–water partition coefficient (Wildman–Crippen LogP) is -0.379. The molecule has 0 aromatic rings. The summed E-state index contributed by atoms with van der Waals surface area (Å²) >= 11 is 0. The van der Waals surface area contributed by atoms with Gasteiger partial charge in [0.05, 0.1) is 0 Å². The van der Waals surface area contributed by atoms with Crippen LogP contribution in [0.4, 0.5) is 0 Å². The molecule has 5 nitrogen and oxygen atoms in total. The van der Waals surface area contributed by atoms with Crippen LogP contribution in [0.15, 0.2) is 9.98 Å². The molecule has 0 radical (unpaired) electrons. The summed E-state index contributed by atoms with van der Waals surface area (Å²) in [6.45, 7) is 5.14. The molecular formula is C8H17N5. The number of aliphatic imine (C=N–C) groups is 2. The molecule has 0 amide bonds. The Kier molecular flexibility index (Phi) is 2.45. The molecular weight excluding hydrogens is 166 g/mol. The molecule has 0 bridgehead atoms. The number of hydrogen-bond acceptors (Lipinski definition) is 1. The Balaban J connectivity index is 2.37. The van der Waals surface area contributed by atoms with Crippen LogP contribution in [0.5, 0.6) is 0 Å². The van der Waals surface area contributed by atoms with Gasteiger partial charge >= 0.3 is 0 Å². The highest BCUT2D eigenvalue weighted by molar-refractivity contribution is 5.92. The van der Waals surface area contributed by atoms with Gasteiger partial charge in [-0.05, 0) is 17.8 Å². The van der Waals surface area contributed by atoms with Crippen molar-refractivity contribution in [2.75, 3.05) is 6.54 Å². The van der Waals surface area contributed by atoms with Gasteiger partial charge in [-0.2, -0.15) is 4.99 Å². The van der Waals surface area contributed by atoms with Crippen molar-refractivity contribution in [1.82, 2.24) is 0 Å². The summed E-state index contributed by atoms with van der Waals surface area (Å²) < 4.78 is 0. The third-order valence-electron chi connectivity index (χ3n) is 2.43. The highest BCUT2D eigenvalue weighted by atomic mass is 15.1. The molecule has 1 atom stereocenters. The van der Waals surface area contributed by atoms with Crippen molar-refractivity contribution in [3.05, 3.63) is 0 Å². The molecule has 0 heterocycles. The first-order valence-corrected chi connectivity index (χ1v) is 4.31. The molecule has 0 spiro atoms. The van der Waals surface area contributed by atoms with Gasteiger partial charge < -0.3 is 17.2 Å². The first-order valence-electron chi connectivity index (χ1n) is 4.31. The average Bonchev–Trinajstić information content (AvgIpc) is 2.53. The van der Waals surface area contributed by atoms with E-state index in [1.165, 1.54) is 6.42 Å². The minimum absolute atomic E-state index is 0.0451. The molecule has 1 unspecified atom stereocenters. The van der Waals surface area contributed by atoms with Crippen LogP contribution < -0.4 is 17.2 Å². The van der Waals surface area contributed by atoms with E-state index in [9.17, 15) is 0 Å². The average molecular weight is 183 g/mol. The smallest absolute Gasteiger partial charge is 0.218 e. The number of hydrogen-bond donors (Lipinski definition) is 3. The summed E-state index contributed by atoms with van der Waals surface area (Å²) in [6, 6.07) is 0. The third kappa shape index (κ3) is 2.93. The second-order valence-electron chi connectivity index (χ2n) is 4.13. The predicted molar refractivity (Wildman–Crippen MR) is 54.2 cm³/mol. The quantitative estimate of drug-likeness (QED) is 0.401. The van der Waals surface area contributed by atoms with E-state index in [2.05, 4.69) is 23.8 Å². The fourth-order valence-corrected chi connectivity index (χ4v) is 1.26. The molecule has 0 saturated heterocycles. The molecule has 6 N–H and O–H groups in total. The molecule has 0 aromatic heterocycles. The summed E-state index contributed by atoms with van der Waals surface area (Å²) in [7, 11) is 0. The number of nitrogens with two attached hydrogens (primary N) is 3. The maximum atomic E-state index is 5.44. The molecule has 1 aliphatic rings. The van der Waals surface area contributed by atoms with Crippen LogP contribution >= 0.6 is 0 Å². The van der Waals surface area contributed by atoms with Crippen LogP contribution in [-0.4, -0.2) is 18.5 Å². The topological polar surface area (TPSA) is 103 Å². The Morgan fingerprint density at radius 3 is 2.31 bits per heavy atom. The van der Waals surface area contributed by atoms with Gasteiger partial charge in [0.1, 0.15) is 0 Å². The molecule has 0 aliphatic heterocycles. The molecule has 5 heteroatoms. The van der Waals surface area contributed by atoms with Crippen molar-refractivity contribution in [3.8, 4) is 0 Å². The number of guanidine groups is 2. The van der Waals surface area contributed by atoms with Gasteiger partial charge in [-0.3, -0.25) is 4.99 Å². The molecule has 1 aliphatic carbocycles. The van der Waals surface area contributed by atoms with E-state index in [1.54, 1.807) is 0 Å². The van der Waals surface area contributed by atoms with Crippen LogP contribution in [0.25, 0.3) is 0 Å². The lowest BCUT2D eigenvalue weighted by Gasteiger charge is -1.99. The van der Waals surface area contributed by atoms with E-state index in [-0.39, 0.29) is 11.9 Å². The Morgan fingerprint density at radius 1 is 1.38 bits per heavy atom. The summed E-state index contributed by atoms with van der Waals surface area (Å²) in [4.78, 5) is 7.69. The number of nitrogens with zero attached hydrogens (tertiary/aromatic N) is 2. The highest BCUT2D eigenvalue weighted by Gasteiger charge is 2.45. The zero-order chi connectivity index (χ0) is 10.1. The SMILES string of the molecule is CC1(C)CC1CN=C(N)N=C(N)N. The van der Waals surface area contributed by atoms with Crippen molar-refractivity contribution in [1.29, 1.82) is 0 Å². The minimum Gasteiger partial charge on any atom is -0.370 e. The van der Waals surface area contributed by atoms with Gasteiger partial charge in [0.15, 0.2) is 5.96 Å². The highest BCUT2D eigenvalue weighted by Crippen LogP contribution is 2.51. The van der Waals surface area contributed by atoms with Crippen LogP contribution in [0.2, 0.25) is 0 Å². The fraction of sp³-hybridized carbons (Fsp3) is 0.750. The Hall–Kier alpha value is -1.26.